The van der Waals surface area contributed by atoms with E-state index in [1.165, 1.54) is 17.2 Å². The summed E-state index contributed by atoms with van der Waals surface area (Å²) >= 11 is 1.56. The Kier molecular flexibility index (Phi) is 2.62. The molecular weight excluding hydrogens is 283 g/mol. The lowest BCUT2D eigenvalue weighted by Gasteiger charge is -1.96. The van der Waals surface area contributed by atoms with Crippen LogP contribution in [0, 0.1) is 19.7 Å². The Labute approximate surface area is 125 Å². The Hall–Kier alpha value is -2.20. The minimum Gasteiger partial charge on any atom is -0.337 e. The third kappa shape index (κ3) is 2.03. The van der Waals surface area contributed by atoms with Crippen LogP contribution in [0.15, 0.2) is 36.4 Å². The molecule has 4 rings (SSSR count). The second-order valence-electron chi connectivity index (χ2n) is 5.36. The van der Waals surface area contributed by atoms with Crippen LogP contribution in [-0.4, -0.2) is 9.97 Å². The van der Waals surface area contributed by atoms with Gasteiger partial charge in [0, 0.05) is 4.70 Å². The number of aryl methyl sites for hydroxylation is 2. The van der Waals surface area contributed by atoms with Crippen LogP contribution in [0.2, 0.25) is 0 Å². The third-order valence-electron chi connectivity index (χ3n) is 3.64. The second-order valence-corrected chi connectivity index (χ2v) is 6.44. The summed E-state index contributed by atoms with van der Waals surface area (Å²) < 4.78 is 14.2. The monoisotopic (exact) mass is 296 g/mol. The van der Waals surface area contributed by atoms with Crippen molar-refractivity contribution < 1.29 is 4.39 Å². The van der Waals surface area contributed by atoms with Gasteiger partial charge in [0.25, 0.3) is 0 Å². The molecule has 2 heterocycles. The van der Waals surface area contributed by atoms with Gasteiger partial charge in [-0.3, -0.25) is 0 Å². The molecule has 0 aliphatic rings. The van der Waals surface area contributed by atoms with Crippen LogP contribution in [0.3, 0.4) is 0 Å². The van der Waals surface area contributed by atoms with Crippen molar-refractivity contribution in [2.24, 2.45) is 0 Å². The number of halogens is 1. The SMILES string of the molecule is Cc1cc(C)c2nc(-c3cc4ccc(F)cc4s3)[nH]c2c1. The summed E-state index contributed by atoms with van der Waals surface area (Å²) in [4.78, 5) is 9.11. The molecule has 0 bridgehead atoms. The smallest absolute Gasteiger partial charge is 0.148 e. The summed E-state index contributed by atoms with van der Waals surface area (Å²) in [6, 6.07) is 11.2. The van der Waals surface area contributed by atoms with Crippen molar-refractivity contribution in [1.82, 2.24) is 9.97 Å². The van der Waals surface area contributed by atoms with Gasteiger partial charge in [-0.05, 0) is 54.6 Å². The summed E-state index contributed by atoms with van der Waals surface area (Å²) in [5, 5.41) is 1.05. The number of hydrogen-bond acceptors (Lipinski definition) is 2. The molecule has 4 heteroatoms. The van der Waals surface area contributed by atoms with Gasteiger partial charge in [-0.25, -0.2) is 9.37 Å². The van der Waals surface area contributed by atoms with Gasteiger partial charge in [-0.15, -0.1) is 11.3 Å². The molecule has 4 aromatic rings. The standard InChI is InChI=1S/C17H13FN2S/c1-9-5-10(2)16-13(6-9)19-17(20-16)15-7-11-3-4-12(18)8-14(11)21-15/h3-8H,1-2H3,(H,19,20). The average molecular weight is 296 g/mol. The number of H-pyrrole nitrogens is 1. The maximum atomic E-state index is 13.3. The van der Waals surface area contributed by atoms with Crippen molar-refractivity contribution in [2.75, 3.05) is 0 Å². The lowest BCUT2D eigenvalue weighted by atomic mass is 10.1. The number of fused-ring (bicyclic) bond motifs is 2. The number of thiophene rings is 1. The van der Waals surface area contributed by atoms with Gasteiger partial charge >= 0.3 is 0 Å². The van der Waals surface area contributed by atoms with E-state index in [0.29, 0.717) is 0 Å². The molecule has 1 N–H and O–H groups in total. The lowest BCUT2D eigenvalue weighted by molar-refractivity contribution is 0.630. The third-order valence-corrected chi connectivity index (χ3v) is 4.74. The minimum absolute atomic E-state index is 0.202. The highest BCUT2D eigenvalue weighted by Gasteiger charge is 2.11. The molecule has 2 aromatic carbocycles. The van der Waals surface area contributed by atoms with Crippen LogP contribution in [-0.2, 0) is 0 Å². The van der Waals surface area contributed by atoms with E-state index in [-0.39, 0.29) is 5.82 Å². The van der Waals surface area contributed by atoms with Crippen molar-refractivity contribution in [3.8, 4) is 10.7 Å². The molecule has 2 nitrogen and oxygen atoms in total. The second kappa shape index (κ2) is 4.40. The molecule has 0 aliphatic heterocycles. The zero-order valence-electron chi connectivity index (χ0n) is 11.7. The molecular formula is C17H13FN2S. The maximum absolute atomic E-state index is 13.3. The van der Waals surface area contributed by atoms with Gasteiger partial charge in [0.15, 0.2) is 0 Å². The van der Waals surface area contributed by atoms with Gasteiger partial charge in [0.1, 0.15) is 11.6 Å². The first-order valence-corrected chi connectivity index (χ1v) is 7.58. The Balaban J connectivity index is 1.93. The summed E-state index contributed by atoms with van der Waals surface area (Å²) in [5.74, 6) is 0.646. The van der Waals surface area contributed by atoms with Crippen LogP contribution < -0.4 is 0 Å². The van der Waals surface area contributed by atoms with Crippen LogP contribution in [0.5, 0.6) is 0 Å². The highest BCUT2D eigenvalue weighted by Crippen LogP contribution is 2.33. The molecule has 104 valence electrons. The number of aromatic nitrogens is 2. The fourth-order valence-corrected chi connectivity index (χ4v) is 3.74. The van der Waals surface area contributed by atoms with Crippen molar-refractivity contribution in [3.05, 3.63) is 53.3 Å². The number of imidazole rings is 1. The zero-order chi connectivity index (χ0) is 14.6. The van der Waals surface area contributed by atoms with E-state index >= 15 is 0 Å². The van der Waals surface area contributed by atoms with Crippen LogP contribution in [0.25, 0.3) is 31.8 Å². The van der Waals surface area contributed by atoms with Crippen molar-refractivity contribution in [2.45, 2.75) is 13.8 Å². The predicted octanol–water partition coefficient (Wildman–Crippen LogP) is 5.20. The first-order valence-electron chi connectivity index (χ1n) is 6.76. The number of benzene rings is 2. The van der Waals surface area contributed by atoms with E-state index in [4.69, 9.17) is 4.98 Å². The molecule has 0 saturated heterocycles. The van der Waals surface area contributed by atoms with E-state index in [0.717, 1.165) is 31.8 Å². The number of rotatable bonds is 1. The van der Waals surface area contributed by atoms with Crippen LogP contribution >= 0.6 is 11.3 Å². The quantitative estimate of drug-likeness (QED) is 0.514. The van der Waals surface area contributed by atoms with Crippen molar-refractivity contribution in [1.29, 1.82) is 0 Å². The summed E-state index contributed by atoms with van der Waals surface area (Å²) in [7, 11) is 0. The van der Waals surface area contributed by atoms with Gasteiger partial charge in [0.05, 0.1) is 15.9 Å². The van der Waals surface area contributed by atoms with Crippen LogP contribution in [0.1, 0.15) is 11.1 Å². The highest BCUT2D eigenvalue weighted by atomic mass is 32.1. The Bertz CT molecular complexity index is 981. The van der Waals surface area contributed by atoms with E-state index in [1.54, 1.807) is 17.4 Å². The number of aromatic amines is 1. The molecule has 0 fully saturated rings. The van der Waals surface area contributed by atoms with Gasteiger partial charge in [-0.1, -0.05) is 12.1 Å². The molecule has 0 atom stereocenters. The molecule has 0 amide bonds. The van der Waals surface area contributed by atoms with E-state index in [2.05, 4.69) is 37.0 Å². The predicted molar refractivity (Wildman–Crippen MR) is 86.3 cm³/mol. The molecule has 0 unspecified atom stereocenters. The molecule has 2 aromatic heterocycles. The summed E-state index contributed by atoms with van der Waals surface area (Å²) in [6.45, 7) is 4.15. The zero-order valence-corrected chi connectivity index (χ0v) is 12.5. The maximum Gasteiger partial charge on any atom is 0.148 e. The average Bonchev–Trinajstić information content (AvgIpc) is 3.01. The molecule has 21 heavy (non-hydrogen) atoms. The Morgan fingerprint density at radius 3 is 2.81 bits per heavy atom. The van der Waals surface area contributed by atoms with Gasteiger partial charge in [-0.2, -0.15) is 0 Å². The van der Waals surface area contributed by atoms with E-state index in [1.807, 2.05) is 6.07 Å². The topological polar surface area (TPSA) is 28.7 Å². The lowest BCUT2D eigenvalue weighted by Crippen LogP contribution is -1.79. The Morgan fingerprint density at radius 2 is 1.95 bits per heavy atom. The van der Waals surface area contributed by atoms with E-state index < -0.39 is 0 Å². The van der Waals surface area contributed by atoms with Crippen molar-refractivity contribution >= 4 is 32.5 Å². The largest absolute Gasteiger partial charge is 0.337 e. The summed E-state index contributed by atoms with van der Waals surface area (Å²) in [5.41, 5.74) is 4.43. The fourth-order valence-electron chi connectivity index (χ4n) is 2.71. The highest BCUT2D eigenvalue weighted by molar-refractivity contribution is 7.22. The number of nitrogens with zero attached hydrogens (tertiary/aromatic N) is 1. The minimum atomic E-state index is -0.202. The molecule has 0 spiro atoms. The molecule has 0 aliphatic carbocycles. The first kappa shape index (κ1) is 12.5. The Morgan fingerprint density at radius 1 is 1.10 bits per heavy atom. The first-order chi connectivity index (χ1) is 10.1. The van der Waals surface area contributed by atoms with Gasteiger partial charge < -0.3 is 4.98 Å². The molecule has 0 saturated carbocycles. The van der Waals surface area contributed by atoms with Gasteiger partial charge in [0.2, 0.25) is 0 Å². The normalized spacial score (nSPS) is 11.6. The van der Waals surface area contributed by atoms with Crippen molar-refractivity contribution in [3.63, 3.8) is 0 Å². The number of hydrogen-bond donors (Lipinski definition) is 1. The summed E-state index contributed by atoms with van der Waals surface area (Å²) in [6.07, 6.45) is 0. The van der Waals surface area contributed by atoms with E-state index in [9.17, 15) is 4.39 Å². The fraction of sp³-hybridized carbons (Fsp3) is 0.118. The number of nitrogens with one attached hydrogen (secondary N) is 1. The van der Waals surface area contributed by atoms with Crippen LogP contribution in [0.4, 0.5) is 4.39 Å². The molecule has 0 radical (unpaired) electrons.